The number of likely N-dealkylation sites (tertiary alicyclic amines) is 1. The number of halogens is 1. The number of urea groups is 1. The summed E-state index contributed by atoms with van der Waals surface area (Å²) in [4.78, 5) is 24.8. The van der Waals surface area contributed by atoms with Gasteiger partial charge in [0.05, 0.1) is 11.3 Å². The van der Waals surface area contributed by atoms with E-state index in [-0.39, 0.29) is 11.6 Å². The second kappa shape index (κ2) is 5.83. The van der Waals surface area contributed by atoms with Crippen LogP contribution < -0.4 is 5.32 Å². The van der Waals surface area contributed by atoms with Crippen molar-refractivity contribution >= 4 is 33.6 Å². The van der Waals surface area contributed by atoms with Crippen LogP contribution in [0.25, 0.3) is 0 Å². The molecule has 1 saturated heterocycles. The van der Waals surface area contributed by atoms with Crippen molar-refractivity contribution in [3.8, 4) is 0 Å². The molecule has 1 aromatic carbocycles. The third-order valence-electron chi connectivity index (χ3n) is 3.73. The van der Waals surface area contributed by atoms with Gasteiger partial charge in [-0.15, -0.1) is 0 Å². The standard InChI is InChI=1S/C14H17BrN2O3/c1-8-6-17(7-9(8)2)14(20)16-12-4-3-10(13(18)19)5-11(12)15/h3-5,8-9H,6-7H2,1-2H3,(H,16,20)(H,18,19). The number of nitrogens with one attached hydrogen (secondary N) is 1. The van der Waals surface area contributed by atoms with Crippen LogP contribution in [0.1, 0.15) is 24.2 Å². The molecule has 2 unspecified atom stereocenters. The molecular formula is C14H17BrN2O3. The lowest BCUT2D eigenvalue weighted by Crippen LogP contribution is -2.33. The van der Waals surface area contributed by atoms with Crippen molar-refractivity contribution < 1.29 is 14.7 Å². The van der Waals surface area contributed by atoms with Crippen molar-refractivity contribution in [1.82, 2.24) is 4.90 Å². The average molecular weight is 341 g/mol. The van der Waals surface area contributed by atoms with Crippen molar-refractivity contribution in [1.29, 1.82) is 0 Å². The highest BCUT2D eigenvalue weighted by Crippen LogP contribution is 2.26. The number of benzene rings is 1. The van der Waals surface area contributed by atoms with Gasteiger partial charge in [-0.3, -0.25) is 0 Å². The Morgan fingerprint density at radius 2 is 1.90 bits per heavy atom. The number of hydrogen-bond donors (Lipinski definition) is 2. The van der Waals surface area contributed by atoms with E-state index >= 15 is 0 Å². The maximum absolute atomic E-state index is 12.2. The third kappa shape index (κ3) is 3.12. The number of amides is 2. The highest BCUT2D eigenvalue weighted by Gasteiger charge is 2.29. The summed E-state index contributed by atoms with van der Waals surface area (Å²) in [6, 6.07) is 4.39. The van der Waals surface area contributed by atoms with Gasteiger partial charge in [0.2, 0.25) is 0 Å². The van der Waals surface area contributed by atoms with Crippen LogP contribution in [0.4, 0.5) is 10.5 Å². The summed E-state index contributed by atoms with van der Waals surface area (Å²) in [5, 5.41) is 11.7. The van der Waals surface area contributed by atoms with Crippen molar-refractivity contribution in [3.63, 3.8) is 0 Å². The van der Waals surface area contributed by atoms with Gasteiger partial charge < -0.3 is 15.3 Å². The molecule has 5 nitrogen and oxygen atoms in total. The lowest BCUT2D eigenvalue weighted by Gasteiger charge is -2.17. The monoisotopic (exact) mass is 340 g/mol. The second-order valence-corrected chi connectivity index (χ2v) is 6.14. The zero-order valence-electron chi connectivity index (χ0n) is 11.4. The Labute approximate surface area is 126 Å². The topological polar surface area (TPSA) is 69.6 Å². The molecule has 0 spiro atoms. The van der Waals surface area contributed by atoms with Gasteiger partial charge in [-0.1, -0.05) is 13.8 Å². The highest BCUT2D eigenvalue weighted by molar-refractivity contribution is 9.10. The molecule has 1 aliphatic rings. The summed E-state index contributed by atoms with van der Waals surface area (Å²) in [5.74, 6) is 0.00271. The minimum atomic E-state index is -0.995. The molecule has 2 rings (SSSR count). The number of carbonyl (C=O) groups is 2. The summed E-state index contributed by atoms with van der Waals surface area (Å²) in [5.41, 5.74) is 0.755. The minimum absolute atomic E-state index is 0.148. The minimum Gasteiger partial charge on any atom is -0.478 e. The van der Waals surface area contributed by atoms with Crippen molar-refractivity contribution in [2.45, 2.75) is 13.8 Å². The number of carboxylic acid groups (broad SMARTS) is 1. The number of hydrogen-bond acceptors (Lipinski definition) is 2. The summed E-state index contributed by atoms with van der Waals surface area (Å²) < 4.78 is 0.561. The molecule has 108 valence electrons. The van der Waals surface area contributed by atoms with Gasteiger partial charge in [0.25, 0.3) is 0 Å². The molecule has 1 heterocycles. The number of aromatic carboxylic acids is 1. The number of rotatable bonds is 2. The van der Waals surface area contributed by atoms with E-state index in [4.69, 9.17) is 5.11 Å². The summed E-state index contributed by atoms with van der Waals surface area (Å²) in [7, 11) is 0. The first kappa shape index (κ1) is 14.8. The van der Waals surface area contributed by atoms with Crippen LogP contribution in [0.5, 0.6) is 0 Å². The summed E-state index contributed by atoms with van der Waals surface area (Å²) in [6.07, 6.45) is 0. The molecule has 2 amide bonds. The predicted molar refractivity (Wildman–Crippen MR) is 80.0 cm³/mol. The number of carboxylic acids is 1. The van der Waals surface area contributed by atoms with Gasteiger partial charge in [-0.05, 0) is 46.0 Å². The molecule has 0 bridgehead atoms. The van der Waals surface area contributed by atoms with Crippen LogP contribution in [0, 0.1) is 11.8 Å². The molecule has 0 saturated carbocycles. The number of anilines is 1. The lowest BCUT2D eigenvalue weighted by atomic mass is 10.0. The van der Waals surface area contributed by atoms with Gasteiger partial charge in [0.15, 0.2) is 0 Å². The summed E-state index contributed by atoms with van der Waals surface area (Å²) >= 11 is 3.28. The first-order valence-electron chi connectivity index (χ1n) is 6.47. The Hall–Kier alpha value is -1.56. The Morgan fingerprint density at radius 1 is 1.30 bits per heavy atom. The molecule has 2 N–H and O–H groups in total. The maximum atomic E-state index is 12.2. The first-order valence-corrected chi connectivity index (χ1v) is 7.26. The SMILES string of the molecule is CC1CN(C(=O)Nc2ccc(C(=O)O)cc2Br)CC1C. The molecule has 0 aliphatic carbocycles. The fourth-order valence-corrected chi connectivity index (χ4v) is 2.72. The molecule has 0 radical (unpaired) electrons. The van der Waals surface area contributed by atoms with Crippen LogP contribution in [-0.2, 0) is 0 Å². The van der Waals surface area contributed by atoms with Crippen molar-refractivity contribution in [2.75, 3.05) is 18.4 Å². The molecule has 0 aromatic heterocycles. The Bertz CT molecular complexity index is 537. The van der Waals surface area contributed by atoms with Gasteiger partial charge >= 0.3 is 12.0 Å². The molecule has 1 aromatic rings. The van der Waals surface area contributed by atoms with Gasteiger partial charge in [-0.2, -0.15) is 0 Å². The van der Waals surface area contributed by atoms with Crippen LogP contribution >= 0.6 is 15.9 Å². The Morgan fingerprint density at radius 3 is 2.40 bits per heavy atom. The van der Waals surface area contributed by atoms with Crippen molar-refractivity contribution in [2.24, 2.45) is 11.8 Å². The molecular weight excluding hydrogens is 324 g/mol. The maximum Gasteiger partial charge on any atom is 0.335 e. The van der Waals surface area contributed by atoms with E-state index < -0.39 is 5.97 Å². The van der Waals surface area contributed by atoms with Crippen LogP contribution in [-0.4, -0.2) is 35.1 Å². The molecule has 20 heavy (non-hydrogen) atoms. The predicted octanol–water partition coefficient (Wildman–Crippen LogP) is 3.27. The van der Waals surface area contributed by atoms with Gasteiger partial charge in [-0.25, -0.2) is 9.59 Å². The Kier molecular flexibility index (Phi) is 4.32. The van der Waals surface area contributed by atoms with E-state index in [2.05, 4.69) is 35.1 Å². The molecule has 2 atom stereocenters. The van der Waals surface area contributed by atoms with E-state index in [0.29, 0.717) is 22.0 Å². The van der Waals surface area contributed by atoms with E-state index in [1.165, 1.54) is 12.1 Å². The molecule has 6 heteroatoms. The molecule has 1 aliphatic heterocycles. The quantitative estimate of drug-likeness (QED) is 0.867. The Balaban J connectivity index is 2.07. The summed E-state index contributed by atoms with van der Waals surface area (Å²) in [6.45, 7) is 5.76. The van der Waals surface area contributed by atoms with Crippen LogP contribution in [0.3, 0.4) is 0 Å². The van der Waals surface area contributed by atoms with E-state index in [1.807, 2.05) is 0 Å². The number of nitrogens with zero attached hydrogens (tertiary/aromatic N) is 1. The smallest absolute Gasteiger partial charge is 0.335 e. The van der Waals surface area contributed by atoms with Crippen molar-refractivity contribution in [3.05, 3.63) is 28.2 Å². The van der Waals surface area contributed by atoms with E-state index in [9.17, 15) is 9.59 Å². The van der Waals surface area contributed by atoms with Crippen LogP contribution in [0.15, 0.2) is 22.7 Å². The fraction of sp³-hybridized carbons (Fsp3) is 0.429. The fourth-order valence-electron chi connectivity index (χ4n) is 2.24. The first-order chi connectivity index (χ1) is 9.38. The van der Waals surface area contributed by atoms with Crippen LogP contribution in [0.2, 0.25) is 0 Å². The van der Waals surface area contributed by atoms with E-state index in [0.717, 1.165) is 13.1 Å². The number of carbonyl (C=O) groups excluding carboxylic acids is 1. The van der Waals surface area contributed by atoms with Gasteiger partial charge in [0, 0.05) is 17.6 Å². The zero-order chi connectivity index (χ0) is 14.9. The normalized spacial score (nSPS) is 21.9. The molecule has 1 fully saturated rings. The highest BCUT2D eigenvalue weighted by atomic mass is 79.9. The van der Waals surface area contributed by atoms with Gasteiger partial charge in [0.1, 0.15) is 0 Å². The van der Waals surface area contributed by atoms with E-state index in [1.54, 1.807) is 11.0 Å². The zero-order valence-corrected chi connectivity index (χ0v) is 13.0. The second-order valence-electron chi connectivity index (χ2n) is 5.29. The average Bonchev–Trinajstić information content (AvgIpc) is 2.72. The largest absolute Gasteiger partial charge is 0.478 e. The lowest BCUT2D eigenvalue weighted by molar-refractivity contribution is 0.0697. The third-order valence-corrected chi connectivity index (χ3v) is 4.39.